The second-order valence-corrected chi connectivity index (χ2v) is 2.81. The van der Waals surface area contributed by atoms with Gasteiger partial charge in [-0.25, -0.2) is 0 Å². The van der Waals surface area contributed by atoms with E-state index in [1.165, 1.54) is 6.92 Å². The fourth-order valence-electron chi connectivity index (χ4n) is 0.323. The van der Waals surface area contributed by atoms with Gasteiger partial charge in [-0.2, -0.15) is 0 Å². The molecule has 0 bridgehead atoms. The summed E-state index contributed by atoms with van der Waals surface area (Å²) in [6.07, 6.45) is 0. The number of halogens is 2. The molecule has 0 fully saturated rings. The molecule has 0 rings (SSSR count). The van der Waals surface area contributed by atoms with Crippen molar-refractivity contribution in [3.63, 3.8) is 0 Å². The zero-order valence-electron chi connectivity index (χ0n) is 5.17. The number of aliphatic carboxylic acids is 1. The summed E-state index contributed by atoms with van der Waals surface area (Å²) < 4.78 is 0. The Kier molecular flexibility index (Phi) is 3.68. The van der Waals surface area contributed by atoms with Crippen molar-refractivity contribution < 1.29 is 14.7 Å². The maximum absolute atomic E-state index is 10.6. The first kappa shape index (κ1) is 9.72. The average Bonchev–Trinajstić information content (AvgIpc) is 1.84. The van der Waals surface area contributed by atoms with Crippen molar-refractivity contribution in [1.82, 2.24) is 0 Å². The zero-order chi connectivity index (χ0) is 8.31. The van der Waals surface area contributed by atoms with Crippen LogP contribution in [0.1, 0.15) is 6.92 Å². The number of alkyl halides is 2. The van der Waals surface area contributed by atoms with Gasteiger partial charge in [-0.15, -0.1) is 23.2 Å². The molecular formula is C5H6Cl2O3. The van der Waals surface area contributed by atoms with Crippen LogP contribution in [0.5, 0.6) is 0 Å². The van der Waals surface area contributed by atoms with E-state index in [4.69, 9.17) is 28.3 Å². The van der Waals surface area contributed by atoms with Crippen LogP contribution in [-0.2, 0) is 9.59 Å². The molecule has 58 valence electrons. The largest absolute Gasteiger partial charge is 0.480 e. The van der Waals surface area contributed by atoms with Gasteiger partial charge < -0.3 is 5.11 Å². The maximum Gasteiger partial charge on any atom is 0.329 e. The van der Waals surface area contributed by atoms with Gasteiger partial charge in [-0.3, -0.25) is 9.59 Å². The number of carboxylic acid groups (broad SMARTS) is 1. The van der Waals surface area contributed by atoms with Crippen LogP contribution in [0.3, 0.4) is 0 Å². The molecule has 0 radical (unpaired) electrons. The molecule has 0 aromatic rings. The van der Waals surface area contributed by atoms with Crippen molar-refractivity contribution in [2.75, 3.05) is 0 Å². The molecule has 0 spiro atoms. The number of carboxylic acids is 1. The molecule has 0 amide bonds. The molecule has 5 heteroatoms. The number of carbonyl (C=O) groups excluding carboxylic acids is 1. The molecule has 10 heavy (non-hydrogen) atoms. The van der Waals surface area contributed by atoms with Gasteiger partial charge in [0.05, 0.1) is 5.38 Å². The monoisotopic (exact) mass is 184 g/mol. The van der Waals surface area contributed by atoms with Gasteiger partial charge in [0.2, 0.25) is 0 Å². The smallest absolute Gasteiger partial charge is 0.329 e. The van der Waals surface area contributed by atoms with Crippen molar-refractivity contribution in [3.05, 3.63) is 0 Å². The maximum atomic E-state index is 10.6. The number of carbonyl (C=O) groups is 2. The van der Waals surface area contributed by atoms with Gasteiger partial charge >= 0.3 is 5.97 Å². The van der Waals surface area contributed by atoms with Gasteiger partial charge in [-0.05, 0) is 6.92 Å². The van der Waals surface area contributed by atoms with E-state index in [0.29, 0.717) is 0 Å². The SMILES string of the molecule is CC(Cl)C(=O)C(Cl)C(=O)O. The number of Topliss-reactive ketones (excluding diaryl/α,β-unsaturated/α-hetero) is 1. The molecule has 1 N–H and O–H groups in total. The number of rotatable bonds is 3. The lowest BCUT2D eigenvalue weighted by Gasteiger charge is -2.03. The summed E-state index contributed by atoms with van der Waals surface area (Å²) in [4.78, 5) is 20.7. The van der Waals surface area contributed by atoms with Gasteiger partial charge in [0.25, 0.3) is 0 Å². The summed E-state index contributed by atoms with van der Waals surface area (Å²) >= 11 is 10.4. The molecule has 0 aliphatic heterocycles. The lowest BCUT2D eigenvalue weighted by atomic mass is 10.2. The van der Waals surface area contributed by atoms with Crippen LogP contribution in [0.4, 0.5) is 0 Å². The first-order valence-electron chi connectivity index (χ1n) is 2.51. The van der Waals surface area contributed by atoms with Crippen LogP contribution < -0.4 is 0 Å². The zero-order valence-corrected chi connectivity index (χ0v) is 6.69. The normalized spacial score (nSPS) is 15.9. The van der Waals surface area contributed by atoms with Crippen LogP contribution in [0.25, 0.3) is 0 Å². The molecule has 0 aliphatic carbocycles. The lowest BCUT2D eigenvalue weighted by molar-refractivity contribution is -0.139. The fourth-order valence-corrected chi connectivity index (χ4v) is 0.703. The van der Waals surface area contributed by atoms with Gasteiger partial charge in [0.15, 0.2) is 11.2 Å². The molecule has 0 saturated heterocycles. The van der Waals surface area contributed by atoms with Crippen LogP contribution >= 0.6 is 23.2 Å². The van der Waals surface area contributed by atoms with Crippen molar-refractivity contribution in [2.45, 2.75) is 17.7 Å². The topological polar surface area (TPSA) is 54.4 Å². The standard InChI is InChI=1S/C5H6Cl2O3/c1-2(6)4(8)3(7)5(9)10/h2-3H,1H3,(H,9,10). The van der Waals surface area contributed by atoms with E-state index in [1.807, 2.05) is 0 Å². The Morgan fingerprint density at radius 2 is 1.80 bits per heavy atom. The molecule has 3 nitrogen and oxygen atoms in total. The Morgan fingerprint density at radius 1 is 1.40 bits per heavy atom. The van der Waals surface area contributed by atoms with E-state index in [-0.39, 0.29) is 0 Å². The van der Waals surface area contributed by atoms with Crippen molar-refractivity contribution >= 4 is 35.0 Å². The number of hydrogen-bond donors (Lipinski definition) is 1. The first-order valence-corrected chi connectivity index (χ1v) is 3.38. The van der Waals surface area contributed by atoms with Crippen molar-refractivity contribution in [2.24, 2.45) is 0 Å². The van der Waals surface area contributed by atoms with E-state index >= 15 is 0 Å². The highest BCUT2D eigenvalue weighted by Crippen LogP contribution is 2.05. The Balaban J connectivity index is 4.08. The summed E-state index contributed by atoms with van der Waals surface area (Å²) in [5, 5.41) is 5.82. The van der Waals surface area contributed by atoms with Gasteiger partial charge in [-0.1, -0.05) is 0 Å². The molecule has 0 heterocycles. The molecule has 2 unspecified atom stereocenters. The third kappa shape index (κ3) is 2.54. The minimum Gasteiger partial charge on any atom is -0.480 e. The number of ketones is 1. The minimum atomic E-state index is -1.52. The highest BCUT2D eigenvalue weighted by molar-refractivity contribution is 6.46. The van der Waals surface area contributed by atoms with Gasteiger partial charge in [0.1, 0.15) is 0 Å². The van der Waals surface area contributed by atoms with Crippen LogP contribution in [0.2, 0.25) is 0 Å². The molecule has 0 saturated carbocycles. The van der Waals surface area contributed by atoms with Crippen LogP contribution in [0.15, 0.2) is 0 Å². The van der Waals surface area contributed by atoms with Crippen LogP contribution in [-0.4, -0.2) is 27.6 Å². The molecule has 0 aliphatic rings. The summed E-state index contributed by atoms with van der Waals surface area (Å²) in [6.45, 7) is 1.38. The molecular weight excluding hydrogens is 179 g/mol. The molecule has 0 aromatic carbocycles. The summed E-state index contributed by atoms with van der Waals surface area (Å²) in [7, 11) is 0. The molecule has 0 aromatic heterocycles. The average molecular weight is 185 g/mol. The summed E-state index contributed by atoms with van der Waals surface area (Å²) in [5.74, 6) is -2.05. The Morgan fingerprint density at radius 3 is 1.90 bits per heavy atom. The van der Waals surface area contributed by atoms with E-state index in [9.17, 15) is 9.59 Å². The van der Waals surface area contributed by atoms with Crippen molar-refractivity contribution in [3.8, 4) is 0 Å². The second kappa shape index (κ2) is 3.78. The highest BCUT2D eigenvalue weighted by atomic mass is 35.5. The van der Waals surface area contributed by atoms with Crippen molar-refractivity contribution in [1.29, 1.82) is 0 Å². The predicted molar refractivity (Wildman–Crippen MR) is 37.6 cm³/mol. The van der Waals surface area contributed by atoms with E-state index in [0.717, 1.165) is 0 Å². The minimum absolute atomic E-state index is 0.684. The van der Waals surface area contributed by atoms with E-state index in [1.54, 1.807) is 0 Å². The second-order valence-electron chi connectivity index (χ2n) is 1.72. The van der Waals surface area contributed by atoms with E-state index < -0.39 is 22.5 Å². The molecule has 2 atom stereocenters. The Bertz CT molecular complexity index is 155. The fraction of sp³-hybridized carbons (Fsp3) is 0.600. The first-order chi connectivity index (χ1) is 4.46. The third-order valence-corrected chi connectivity index (χ3v) is 1.48. The lowest BCUT2D eigenvalue weighted by Crippen LogP contribution is -2.29. The summed E-state index contributed by atoms with van der Waals surface area (Å²) in [5.41, 5.74) is 0. The van der Waals surface area contributed by atoms with E-state index in [2.05, 4.69) is 0 Å². The summed E-state index contributed by atoms with van der Waals surface area (Å²) in [6, 6.07) is 0. The quantitative estimate of drug-likeness (QED) is 0.524. The van der Waals surface area contributed by atoms with Gasteiger partial charge in [0, 0.05) is 0 Å². The highest BCUT2D eigenvalue weighted by Gasteiger charge is 2.26. The Hall–Kier alpha value is -0.280. The predicted octanol–water partition coefficient (Wildman–Crippen LogP) is 0.875. The van der Waals surface area contributed by atoms with Crippen LogP contribution in [0, 0.1) is 0 Å². The number of hydrogen-bond acceptors (Lipinski definition) is 2. The Labute approximate surface area is 67.9 Å². The third-order valence-electron chi connectivity index (χ3n) is 0.859.